The van der Waals surface area contributed by atoms with Gasteiger partial charge in [0.2, 0.25) is 5.88 Å². The van der Waals surface area contributed by atoms with E-state index >= 15 is 0 Å². The second kappa shape index (κ2) is 4.28. The molecule has 1 aromatic heterocycles. The molecule has 16 heavy (non-hydrogen) atoms. The van der Waals surface area contributed by atoms with Crippen molar-refractivity contribution in [3.8, 4) is 11.9 Å². The van der Waals surface area contributed by atoms with Crippen molar-refractivity contribution in [3.63, 3.8) is 0 Å². The predicted molar refractivity (Wildman–Crippen MR) is 61.6 cm³/mol. The summed E-state index contributed by atoms with van der Waals surface area (Å²) in [7, 11) is 0. The van der Waals surface area contributed by atoms with Crippen LogP contribution < -0.4 is 9.47 Å². The first kappa shape index (κ1) is 12.7. The van der Waals surface area contributed by atoms with Gasteiger partial charge in [-0.25, -0.2) is 4.98 Å². The van der Waals surface area contributed by atoms with Crippen molar-refractivity contribution >= 4 is 0 Å². The maximum Gasteiger partial charge on any atom is 0.320 e. The Morgan fingerprint density at radius 1 is 1.00 bits per heavy atom. The van der Waals surface area contributed by atoms with Crippen molar-refractivity contribution in [3.05, 3.63) is 12.3 Å². The average Bonchev–Trinajstić information content (AvgIpc) is 1.96. The molecule has 4 nitrogen and oxygen atoms in total. The van der Waals surface area contributed by atoms with Gasteiger partial charge in [0.15, 0.2) is 0 Å². The number of hydrogen-bond donors (Lipinski definition) is 0. The number of rotatable bonds is 2. The van der Waals surface area contributed by atoms with Gasteiger partial charge in [-0.2, -0.15) is 4.98 Å². The molecule has 4 heteroatoms. The van der Waals surface area contributed by atoms with E-state index in [9.17, 15) is 0 Å². The number of nitrogens with zero attached hydrogens (tertiary/aromatic N) is 2. The van der Waals surface area contributed by atoms with E-state index in [0.29, 0.717) is 11.9 Å². The summed E-state index contributed by atoms with van der Waals surface area (Å²) in [5.41, 5.74) is -0.621. The van der Waals surface area contributed by atoms with Gasteiger partial charge >= 0.3 is 6.01 Å². The SMILES string of the molecule is CC(C)(C)Oc1[c]cnc(OC(C)(C)C)n1. The molecule has 1 rings (SSSR count). The van der Waals surface area contributed by atoms with Gasteiger partial charge in [-0.3, -0.25) is 0 Å². The van der Waals surface area contributed by atoms with Crippen LogP contribution in [0.15, 0.2) is 6.20 Å². The smallest absolute Gasteiger partial charge is 0.320 e. The molecule has 0 saturated heterocycles. The van der Waals surface area contributed by atoms with Crippen LogP contribution in [0.1, 0.15) is 41.5 Å². The van der Waals surface area contributed by atoms with Crippen molar-refractivity contribution in [1.29, 1.82) is 0 Å². The van der Waals surface area contributed by atoms with Crippen molar-refractivity contribution in [2.75, 3.05) is 0 Å². The Morgan fingerprint density at radius 3 is 2.06 bits per heavy atom. The van der Waals surface area contributed by atoms with Crippen LogP contribution in [0, 0.1) is 6.07 Å². The fraction of sp³-hybridized carbons (Fsp3) is 0.667. The zero-order valence-electron chi connectivity index (χ0n) is 10.8. The van der Waals surface area contributed by atoms with Crippen LogP contribution >= 0.6 is 0 Å². The van der Waals surface area contributed by atoms with E-state index in [0.717, 1.165) is 0 Å². The molecular weight excluding hydrogens is 204 g/mol. The third-order valence-corrected chi connectivity index (χ3v) is 1.36. The second-order valence-corrected chi connectivity index (χ2v) is 5.53. The average molecular weight is 223 g/mol. The lowest BCUT2D eigenvalue weighted by Gasteiger charge is -2.22. The van der Waals surface area contributed by atoms with Gasteiger partial charge in [-0.15, -0.1) is 0 Å². The van der Waals surface area contributed by atoms with E-state index < -0.39 is 0 Å². The number of hydrogen-bond acceptors (Lipinski definition) is 4. The van der Waals surface area contributed by atoms with E-state index in [2.05, 4.69) is 16.0 Å². The highest BCUT2D eigenvalue weighted by Gasteiger charge is 2.17. The minimum absolute atomic E-state index is 0.302. The van der Waals surface area contributed by atoms with Crippen LogP contribution in [-0.4, -0.2) is 21.2 Å². The van der Waals surface area contributed by atoms with Gasteiger partial charge in [0.25, 0.3) is 0 Å². The molecule has 0 spiro atoms. The minimum atomic E-state index is -0.319. The quantitative estimate of drug-likeness (QED) is 0.773. The van der Waals surface area contributed by atoms with E-state index in [1.807, 2.05) is 41.5 Å². The fourth-order valence-corrected chi connectivity index (χ4v) is 0.956. The first-order valence-electron chi connectivity index (χ1n) is 5.28. The van der Waals surface area contributed by atoms with Crippen molar-refractivity contribution in [2.24, 2.45) is 0 Å². The highest BCUT2D eigenvalue weighted by Crippen LogP contribution is 2.18. The molecule has 0 amide bonds. The lowest BCUT2D eigenvalue weighted by atomic mass is 10.2. The van der Waals surface area contributed by atoms with Gasteiger partial charge in [0, 0.05) is 6.20 Å². The van der Waals surface area contributed by atoms with Crippen LogP contribution in [-0.2, 0) is 0 Å². The summed E-state index contributed by atoms with van der Waals surface area (Å²) in [4.78, 5) is 8.12. The van der Waals surface area contributed by atoms with Gasteiger partial charge in [-0.05, 0) is 41.5 Å². The Bertz CT molecular complexity index is 320. The van der Waals surface area contributed by atoms with E-state index in [1.54, 1.807) is 0 Å². The van der Waals surface area contributed by atoms with E-state index in [-0.39, 0.29) is 11.2 Å². The summed E-state index contributed by atoms with van der Waals surface area (Å²) >= 11 is 0. The summed E-state index contributed by atoms with van der Waals surface area (Å²) in [6.45, 7) is 11.7. The summed E-state index contributed by atoms with van der Waals surface area (Å²) in [5.74, 6) is 0.404. The molecule has 0 unspecified atom stereocenters. The van der Waals surface area contributed by atoms with Crippen molar-refractivity contribution in [1.82, 2.24) is 9.97 Å². The number of ether oxygens (including phenoxy) is 2. The Labute approximate surface area is 97.0 Å². The van der Waals surface area contributed by atoms with E-state index in [4.69, 9.17) is 9.47 Å². The van der Waals surface area contributed by atoms with Crippen LogP contribution in [0.3, 0.4) is 0 Å². The third kappa shape index (κ3) is 4.96. The van der Waals surface area contributed by atoms with Crippen LogP contribution in [0.4, 0.5) is 0 Å². The Kier molecular flexibility index (Phi) is 3.41. The third-order valence-electron chi connectivity index (χ3n) is 1.36. The maximum atomic E-state index is 5.57. The summed E-state index contributed by atoms with van der Waals surface area (Å²) in [6, 6.07) is 3.14. The molecule has 0 aliphatic carbocycles. The first-order valence-corrected chi connectivity index (χ1v) is 5.28. The summed E-state index contributed by atoms with van der Waals surface area (Å²) < 4.78 is 11.1. The summed E-state index contributed by atoms with van der Waals surface area (Å²) in [6.07, 6.45) is 1.51. The topological polar surface area (TPSA) is 44.2 Å². The Hall–Kier alpha value is -1.32. The maximum absolute atomic E-state index is 5.57. The lowest BCUT2D eigenvalue weighted by Crippen LogP contribution is -2.26. The molecule has 89 valence electrons. The van der Waals surface area contributed by atoms with Gasteiger partial charge < -0.3 is 9.47 Å². The largest absolute Gasteiger partial charge is 0.471 e. The standard InChI is InChI=1S/C12H19N2O2/c1-11(2,3)15-9-7-8-13-10(14-9)16-12(4,5)6/h8H,1-6H3. The highest BCUT2D eigenvalue weighted by atomic mass is 16.5. The molecule has 0 aromatic carbocycles. The van der Waals surface area contributed by atoms with Crippen LogP contribution in [0.5, 0.6) is 11.9 Å². The van der Waals surface area contributed by atoms with E-state index in [1.165, 1.54) is 6.20 Å². The fourth-order valence-electron chi connectivity index (χ4n) is 0.956. The molecule has 0 fully saturated rings. The molecule has 0 saturated carbocycles. The van der Waals surface area contributed by atoms with Gasteiger partial charge in [0.05, 0.1) is 6.07 Å². The van der Waals surface area contributed by atoms with Crippen LogP contribution in [0.25, 0.3) is 0 Å². The molecule has 0 aliphatic rings. The molecule has 0 bridgehead atoms. The summed E-state index contributed by atoms with van der Waals surface area (Å²) in [5, 5.41) is 0. The Balaban J connectivity index is 2.79. The molecule has 0 N–H and O–H groups in total. The Morgan fingerprint density at radius 2 is 1.56 bits per heavy atom. The monoisotopic (exact) mass is 223 g/mol. The zero-order valence-corrected chi connectivity index (χ0v) is 10.8. The highest BCUT2D eigenvalue weighted by molar-refractivity contribution is 5.10. The first-order chi connectivity index (χ1) is 7.16. The normalized spacial score (nSPS) is 12.4. The van der Waals surface area contributed by atoms with Gasteiger partial charge in [-0.1, -0.05) is 0 Å². The molecule has 0 aliphatic heterocycles. The molecule has 1 heterocycles. The van der Waals surface area contributed by atoms with Crippen LogP contribution in [0.2, 0.25) is 0 Å². The molecular formula is C12H19N2O2. The van der Waals surface area contributed by atoms with Crippen molar-refractivity contribution in [2.45, 2.75) is 52.7 Å². The predicted octanol–water partition coefficient (Wildman–Crippen LogP) is 2.63. The minimum Gasteiger partial charge on any atom is -0.471 e. The lowest BCUT2D eigenvalue weighted by molar-refractivity contribution is 0.103. The molecule has 1 radical (unpaired) electrons. The molecule has 1 aromatic rings. The molecule has 0 atom stereocenters. The number of aromatic nitrogens is 2. The second-order valence-electron chi connectivity index (χ2n) is 5.53. The van der Waals surface area contributed by atoms with Crippen molar-refractivity contribution < 1.29 is 9.47 Å². The van der Waals surface area contributed by atoms with Gasteiger partial charge in [0.1, 0.15) is 11.2 Å². The zero-order chi connectivity index (χ0) is 12.4.